The number of aliphatic hydroxyl groups excluding tert-OH is 5. The van der Waals surface area contributed by atoms with Crippen molar-refractivity contribution in [1.29, 1.82) is 0 Å². The second-order valence-electron chi connectivity index (χ2n) is 19.0. The maximum atomic E-state index is 14.6. The molecule has 0 radical (unpaired) electrons. The third-order valence-corrected chi connectivity index (χ3v) is 15.8. The molecule has 49 heavy (non-hydrogen) atoms. The molecule has 0 bridgehead atoms. The summed E-state index contributed by atoms with van der Waals surface area (Å²) < 4.78 is 6.82. The van der Waals surface area contributed by atoms with Gasteiger partial charge in [0, 0.05) is 0 Å². The van der Waals surface area contributed by atoms with Gasteiger partial charge in [-0.3, -0.25) is 4.79 Å². The average molecular weight is 685 g/mol. The molecule has 7 rings (SSSR count). The Bertz CT molecular complexity index is 1490. The highest BCUT2D eigenvalue weighted by Crippen LogP contribution is 2.75. The molecule has 1 saturated heterocycles. The van der Waals surface area contributed by atoms with E-state index in [1.807, 2.05) is 0 Å². The van der Waals surface area contributed by atoms with E-state index in [1.165, 1.54) is 10.3 Å². The van der Waals surface area contributed by atoms with Crippen LogP contribution < -0.4 is 5.32 Å². The van der Waals surface area contributed by atoms with Crippen LogP contribution in [0.25, 0.3) is 0 Å². The van der Waals surface area contributed by atoms with Gasteiger partial charge in [0.1, 0.15) is 24.0 Å². The summed E-state index contributed by atoms with van der Waals surface area (Å²) >= 11 is 0. The highest BCUT2D eigenvalue weighted by atomic mass is 16.5. The van der Waals surface area contributed by atoms with E-state index in [0.717, 1.165) is 44.9 Å². The van der Waals surface area contributed by atoms with Crippen molar-refractivity contribution in [1.82, 2.24) is 20.3 Å². The number of nitrogens with one attached hydrogen (secondary N) is 1. The molecule has 274 valence electrons. The van der Waals surface area contributed by atoms with E-state index in [9.17, 15) is 30.3 Å². The molecule has 11 heteroatoms. The fourth-order valence-electron chi connectivity index (χ4n) is 12.6. The molecule has 1 aliphatic heterocycles. The first-order chi connectivity index (χ1) is 22.8. The van der Waals surface area contributed by atoms with Crippen LogP contribution in [0.4, 0.5) is 0 Å². The number of rotatable bonds is 4. The SMILES string of the molecule is CC1(C)CC[C@@]2(C(=O)NCc3cn([C@H]4OC[C@H](O)[C@@H](O)[C@H]4O)nn3)C(C1)C1=CCC3[C@@]4(C)CC[C@H](O)C(C)(C)C4CC[C@@]3(C)[C@]1(C)C[C@H]2O. The Balaban J connectivity index is 1.17. The molecule has 2 heterocycles. The molecule has 1 aromatic rings. The van der Waals surface area contributed by atoms with Crippen molar-refractivity contribution in [3.63, 3.8) is 0 Å². The van der Waals surface area contributed by atoms with Crippen LogP contribution in [0.2, 0.25) is 0 Å². The number of carbonyl (C=O) groups excluding carboxylic acids is 1. The van der Waals surface area contributed by atoms with E-state index in [2.05, 4.69) is 70.2 Å². The van der Waals surface area contributed by atoms with Crippen molar-refractivity contribution in [2.75, 3.05) is 6.61 Å². The molecule has 0 aromatic carbocycles. The lowest BCUT2D eigenvalue weighted by Gasteiger charge is -2.71. The van der Waals surface area contributed by atoms with Crippen molar-refractivity contribution >= 4 is 5.91 Å². The molecule has 5 aliphatic carbocycles. The Kier molecular flexibility index (Phi) is 8.37. The maximum absolute atomic E-state index is 14.6. The van der Waals surface area contributed by atoms with Gasteiger partial charge >= 0.3 is 0 Å². The van der Waals surface area contributed by atoms with Crippen molar-refractivity contribution in [2.24, 2.45) is 50.2 Å². The maximum Gasteiger partial charge on any atom is 0.229 e. The number of amides is 1. The third kappa shape index (κ3) is 4.99. The Hall–Kier alpha value is -1.89. The molecular weight excluding hydrogens is 624 g/mol. The Labute approximate surface area is 290 Å². The van der Waals surface area contributed by atoms with Crippen LogP contribution in [0.1, 0.15) is 118 Å². The van der Waals surface area contributed by atoms with Gasteiger partial charge < -0.3 is 35.6 Å². The van der Waals surface area contributed by atoms with Gasteiger partial charge in [0.15, 0.2) is 6.23 Å². The van der Waals surface area contributed by atoms with Gasteiger partial charge in [-0.25, -0.2) is 4.68 Å². The molecule has 6 N–H and O–H groups in total. The smallest absolute Gasteiger partial charge is 0.229 e. The van der Waals surface area contributed by atoms with Crippen LogP contribution in [0.3, 0.4) is 0 Å². The highest BCUT2D eigenvalue weighted by molar-refractivity contribution is 5.85. The van der Waals surface area contributed by atoms with Crippen LogP contribution >= 0.6 is 0 Å². The summed E-state index contributed by atoms with van der Waals surface area (Å²) in [5, 5.41) is 65.3. The normalized spacial score (nSPS) is 48.7. The minimum Gasteiger partial charge on any atom is -0.393 e. The first-order valence-electron chi connectivity index (χ1n) is 18.7. The number of hydrogen-bond acceptors (Lipinski definition) is 9. The van der Waals surface area contributed by atoms with Crippen LogP contribution in [0.15, 0.2) is 17.8 Å². The minimum absolute atomic E-state index is 0.0276. The van der Waals surface area contributed by atoms with Gasteiger partial charge in [0.25, 0.3) is 0 Å². The van der Waals surface area contributed by atoms with Gasteiger partial charge in [0.2, 0.25) is 5.91 Å². The number of nitrogens with zero attached hydrogens (tertiary/aromatic N) is 3. The monoisotopic (exact) mass is 684 g/mol. The summed E-state index contributed by atoms with van der Waals surface area (Å²) in [7, 11) is 0. The second-order valence-corrected chi connectivity index (χ2v) is 19.0. The van der Waals surface area contributed by atoms with Gasteiger partial charge in [-0.2, -0.15) is 0 Å². The molecule has 11 nitrogen and oxygen atoms in total. The van der Waals surface area contributed by atoms with Crippen molar-refractivity contribution in [3.05, 3.63) is 23.5 Å². The Morgan fingerprint density at radius 3 is 2.39 bits per heavy atom. The predicted molar refractivity (Wildman–Crippen MR) is 181 cm³/mol. The summed E-state index contributed by atoms with van der Waals surface area (Å²) in [4.78, 5) is 14.6. The quantitative estimate of drug-likeness (QED) is 0.259. The van der Waals surface area contributed by atoms with Crippen LogP contribution in [0, 0.1) is 50.2 Å². The van der Waals surface area contributed by atoms with Crippen LogP contribution in [-0.2, 0) is 16.1 Å². The fraction of sp³-hybridized carbons (Fsp3) is 0.868. The lowest BCUT2D eigenvalue weighted by atomic mass is 9.33. The lowest BCUT2D eigenvalue weighted by molar-refractivity contribution is -0.215. The summed E-state index contributed by atoms with van der Waals surface area (Å²) in [6.45, 7) is 16.4. The largest absolute Gasteiger partial charge is 0.393 e. The summed E-state index contributed by atoms with van der Waals surface area (Å²) in [5.41, 5.74) is 0.559. The topological polar surface area (TPSA) is 170 Å². The average Bonchev–Trinajstić information content (AvgIpc) is 3.49. The molecule has 1 amide bonds. The minimum atomic E-state index is -1.39. The first kappa shape index (κ1) is 35.5. The number of hydrogen-bond donors (Lipinski definition) is 6. The van der Waals surface area contributed by atoms with Gasteiger partial charge in [-0.1, -0.05) is 65.3 Å². The van der Waals surface area contributed by atoms with E-state index in [4.69, 9.17) is 4.74 Å². The Morgan fingerprint density at radius 1 is 0.918 bits per heavy atom. The van der Waals surface area contributed by atoms with E-state index in [1.54, 1.807) is 6.20 Å². The van der Waals surface area contributed by atoms with Gasteiger partial charge in [-0.05, 0) is 103 Å². The zero-order valence-corrected chi connectivity index (χ0v) is 30.5. The molecule has 6 aliphatic rings. The zero-order valence-electron chi connectivity index (χ0n) is 30.5. The Morgan fingerprint density at radius 2 is 1.65 bits per heavy atom. The number of aliphatic hydroxyl groups is 5. The van der Waals surface area contributed by atoms with E-state index < -0.39 is 36.1 Å². The molecule has 1 aromatic heterocycles. The van der Waals surface area contributed by atoms with Crippen molar-refractivity contribution in [2.45, 2.75) is 150 Å². The van der Waals surface area contributed by atoms with E-state index in [-0.39, 0.29) is 58.2 Å². The lowest BCUT2D eigenvalue weighted by Crippen LogP contribution is -2.68. The number of fused-ring (bicyclic) bond motifs is 7. The summed E-state index contributed by atoms with van der Waals surface area (Å²) in [5.74, 6) is 0.627. The number of ether oxygens (including phenoxy) is 1. The third-order valence-electron chi connectivity index (χ3n) is 15.8. The zero-order chi connectivity index (χ0) is 35.5. The van der Waals surface area contributed by atoms with E-state index >= 15 is 0 Å². The first-order valence-corrected chi connectivity index (χ1v) is 18.7. The summed E-state index contributed by atoms with van der Waals surface area (Å²) in [6.07, 6.45) is 5.77. The second kappa shape index (κ2) is 11.6. The number of allylic oxidation sites excluding steroid dienone is 2. The highest BCUT2D eigenvalue weighted by Gasteiger charge is 2.71. The van der Waals surface area contributed by atoms with E-state index in [0.29, 0.717) is 30.4 Å². The van der Waals surface area contributed by atoms with Crippen molar-refractivity contribution < 1.29 is 35.1 Å². The van der Waals surface area contributed by atoms with Crippen LogP contribution in [0.5, 0.6) is 0 Å². The molecule has 5 fully saturated rings. The van der Waals surface area contributed by atoms with Crippen LogP contribution in [-0.4, -0.2) is 83.6 Å². The molecule has 3 unspecified atom stereocenters. The molecule has 13 atom stereocenters. The molecule has 0 spiro atoms. The fourth-order valence-corrected chi connectivity index (χ4v) is 12.6. The number of aromatic nitrogens is 3. The summed E-state index contributed by atoms with van der Waals surface area (Å²) in [6, 6.07) is 0. The predicted octanol–water partition coefficient (Wildman–Crippen LogP) is 3.64. The molecule has 4 saturated carbocycles. The number of carbonyl (C=O) groups is 1. The van der Waals surface area contributed by atoms with Gasteiger partial charge in [0.05, 0.1) is 37.0 Å². The van der Waals surface area contributed by atoms with Gasteiger partial charge in [-0.15, -0.1) is 5.10 Å². The van der Waals surface area contributed by atoms with Crippen molar-refractivity contribution in [3.8, 4) is 0 Å². The molecular formula is C38H60N4O7. The standard InChI is InChI=1S/C38H60N4O7/c1-33(2)14-15-38(32(48)39-18-21-19-42(41-40-21)31-30(47)29(46)24(43)20-49-31)23(16-33)22-8-9-26-35(5)12-11-27(44)34(3,4)25(35)10-13-36(26,6)37(22,7)17-28(38)45/h8,19,23-31,43-47H,9-18,20H2,1-7H3,(H,39,48)/t23?,24-,25?,26?,27-,28+,29+,30+,31-,35-,36+,37+,38+/m0/s1.